The highest BCUT2D eigenvalue weighted by atomic mass is 16.7. The minimum absolute atomic E-state index is 0.347. The first-order chi connectivity index (χ1) is 8.41. The van der Waals surface area contributed by atoms with Crippen molar-refractivity contribution in [3.05, 3.63) is 24.4 Å². The molecule has 0 bridgehead atoms. The number of aromatic nitrogens is 3. The summed E-state index contributed by atoms with van der Waals surface area (Å²) < 4.78 is 13.8. The van der Waals surface area contributed by atoms with Crippen molar-refractivity contribution in [1.82, 2.24) is 14.8 Å². The molecule has 0 aliphatic carbocycles. The van der Waals surface area contributed by atoms with Crippen molar-refractivity contribution in [3.8, 4) is 0 Å². The second-order valence-corrected chi connectivity index (χ2v) is 5.61. The van der Waals surface area contributed by atoms with Gasteiger partial charge in [-0.25, -0.2) is 4.52 Å². The summed E-state index contributed by atoms with van der Waals surface area (Å²) in [6.07, 6.45) is 1.72. The standard InChI is InChI=1S/C12H16BN3O2/c1-11(2)12(3,4)18-13(17-11)10-7-5-6-9-8-14-15-16(9)10/h5-8H,1-4H3. The summed E-state index contributed by atoms with van der Waals surface area (Å²) in [5.74, 6) is 0. The maximum absolute atomic E-state index is 6.02. The van der Waals surface area contributed by atoms with Crippen molar-refractivity contribution < 1.29 is 9.31 Å². The number of rotatable bonds is 1. The van der Waals surface area contributed by atoms with Crippen molar-refractivity contribution in [1.29, 1.82) is 0 Å². The fourth-order valence-electron chi connectivity index (χ4n) is 2.02. The predicted octanol–water partition coefficient (Wildman–Crippen LogP) is 1.03. The first kappa shape index (κ1) is 11.7. The van der Waals surface area contributed by atoms with E-state index in [1.165, 1.54) is 0 Å². The quantitative estimate of drug-likeness (QED) is 0.704. The molecule has 18 heavy (non-hydrogen) atoms. The van der Waals surface area contributed by atoms with Crippen LogP contribution in [0.2, 0.25) is 0 Å². The topological polar surface area (TPSA) is 48.7 Å². The lowest BCUT2D eigenvalue weighted by Crippen LogP contribution is -2.41. The molecule has 0 N–H and O–H groups in total. The maximum atomic E-state index is 6.02. The highest BCUT2D eigenvalue weighted by Gasteiger charge is 2.52. The van der Waals surface area contributed by atoms with Crippen LogP contribution in [0.25, 0.3) is 5.52 Å². The van der Waals surface area contributed by atoms with Crippen LogP contribution < -0.4 is 5.59 Å². The summed E-state index contributed by atoms with van der Waals surface area (Å²) in [6.45, 7) is 8.14. The molecular formula is C12H16BN3O2. The van der Waals surface area contributed by atoms with Crippen LogP contribution in [0.5, 0.6) is 0 Å². The third-order valence-corrected chi connectivity index (χ3v) is 3.85. The highest BCUT2D eigenvalue weighted by molar-refractivity contribution is 6.61. The smallest absolute Gasteiger partial charge is 0.398 e. The Morgan fingerprint density at radius 2 is 1.78 bits per heavy atom. The number of nitrogens with zero attached hydrogens (tertiary/aromatic N) is 3. The van der Waals surface area contributed by atoms with E-state index in [2.05, 4.69) is 10.3 Å². The van der Waals surface area contributed by atoms with Crippen LogP contribution in [0.15, 0.2) is 24.4 Å². The molecule has 0 atom stereocenters. The number of pyridine rings is 1. The normalized spacial score (nSPS) is 21.7. The number of hydrogen-bond donors (Lipinski definition) is 0. The van der Waals surface area contributed by atoms with Crippen LogP contribution in [-0.2, 0) is 9.31 Å². The van der Waals surface area contributed by atoms with E-state index in [0.29, 0.717) is 0 Å². The van der Waals surface area contributed by atoms with E-state index >= 15 is 0 Å². The maximum Gasteiger partial charge on any atom is 0.514 e. The van der Waals surface area contributed by atoms with Gasteiger partial charge in [-0.2, -0.15) is 0 Å². The average Bonchev–Trinajstić information content (AvgIpc) is 2.81. The summed E-state index contributed by atoms with van der Waals surface area (Å²) in [5, 5.41) is 7.97. The molecule has 2 aromatic heterocycles. The molecule has 0 radical (unpaired) electrons. The van der Waals surface area contributed by atoms with Gasteiger partial charge in [0, 0.05) is 0 Å². The van der Waals surface area contributed by atoms with Gasteiger partial charge < -0.3 is 9.31 Å². The first-order valence-electron chi connectivity index (χ1n) is 6.06. The van der Waals surface area contributed by atoms with Gasteiger partial charge in [0.1, 0.15) is 0 Å². The molecule has 1 saturated heterocycles. The molecule has 0 unspecified atom stereocenters. The summed E-state index contributed by atoms with van der Waals surface area (Å²) >= 11 is 0. The lowest BCUT2D eigenvalue weighted by molar-refractivity contribution is 0.00578. The minimum atomic E-state index is -0.416. The summed E-state index contributed by atoms with van der Waals surface area (Å²) in [7, 11) is -0.416. The van der Waals surface area contributed by atoms with Crippen LogP contribution in [-0.4, -0.2) is 33.1 Å². The van der Waals surface area contributed by atoms with E-state index in [-0.39, 0.29) is 11.2 Å². The molecule has 0 saturated carbocycles. The fourth-order valence-corrected chi connectivity index (χ4v) is 2.02. The van der Waals surface area contributed by atoms with Crippen molar-refractivity contribution in [3.63, 3.8) is 0 Å². The van der Waals surface area contributed by atoms with Crippen LogP contribution in [0.3, 0.4) is 0 Å². The van der Waals surface area contributed by atoms with Crippen molar-refractivity contribution >= 4 is 18.2 Å². The van der Waals surface area contributed by atoms with Crippen LogP contribution >= 0.6 is 0 Å². The van der Waals surface area contributed by atoms with Gasteiger partial charge in [-0.15, -0.1) is 5.10 Å². The molecule has 2 aromatic rings. The van der Waals surface area contributed by atoms with Gasteiger partial charge in [-0.05, 0) is 39.8 Å². The van der Waals surface area contributed by atoms with Crippen LogP contribution in [0.1, 0.15) is 27.7 Å². The molecule has 5 nitrogen and oxygen atoms in total. The van der Waals surface area contributed by atoms with Crippen molar-refractivity contribution in [2.75, 3.05) is 0 Å². The molecule has 0 aromatic carbocycles. The molecule has 3 heterocycles. The van der Waals surface area contributed by atoms with Crippen LogP contribution in [0, 0.1) is 0 Å². The molecule has 1 aliphatic rings. The Bertz CT molecular complexity index is 578. The molecule has 6 heteroatoms. The number of hydrogen-bond acceptors (Lipinski definition) is 4. The van der Waals surface area contributed by atoms with Crippen molar-refractivity contribution in [2.45, 2.75) is 38.9 Å². The molecule has 3 rings (SSSR count). The second-order valence-electron chi connectivity index (χ2n) is 5.61. The van der Waals surface area contributed by atoms with Gasteiger partial charge >= 0.3 is 7.12 Å². The summed E-state index contributed by atoms with van der Waals surface area (Å²) in [5.41, 5.74) is 1.10. The highest BCUT2D eigenvalue weighted by Crippen LogP contribution is 2.36. The zero-order valence-corrected chi connectivity index (χ0v) is 11.0. The third kappa shape index (κ3) is 1.56. The lowest BCUT2D eigenvalue weighted by atomic mass is 9.84. The SMILES string of the molecule is CC1(C)OB(c2cccc3cnnn23)OC1(C)C. The monoisotopic (exact) mass is 245 g/mol. The molecule has 94 valence electrons. The predicted molar refractivity (Wildman–Crippen MR) is 68.7 cm³/mol. The van der Waals surface area contributed by atoms with E-state index in [4.69, 9.17) is 9.31 Å². The van der Waals surface area contributed by atoms with Gasteiger partial charge in [0.25, 0.3) is 0 Å². The summed E-state index contributed by atoms with van der Waals surface area (Å²) in [4.78, 5) is 0. The van der Waals surface area contributed by atoms with Gasteiger partial charge in [-0.1, -0.05) is 11.3 Å². The van der Waals surface area contributed by atoms with E-state index in [9.17, 15) is 0 Å². The van der Waals surface area contributed by atoms with Gasteiger partial charge in [0.2, 0.25) is 0 Å². The Morgan fingerprint density at radius 1 is 1.11 bits per heavy atom. The van der Waals surface area contributed by atoms with E-state index in [1.54, 1.807) is 10.7 Å². The molecule has 0 spiro atoms. The van der Waals surface area contributed by atoms with Crippen molar-refractivity contribution in [2.24, 2.45) is 0 Å². The molecule has 1 aliphatic heterocycles. The van der Waals surface area contributed by atoms with E-state index in [0.717, 1.165) is 11.1 Å². The Kier molecular flexibility index (Phi) is 2.31. The molecule has 1 fully saturated rings. The lowest BCUT2D eigenvalue weighted by Gasteiger charge is -2.32. The Labute approximate surface area is 106 Å². The zero-order chi connectivity index (χ0) is 13.0. The first-order valence-corrected chi connectivity index (χ1v) is 6.06. The fraction of sp³-hybridized carbons (Fsp3) is 0.500. The van der Waals surface area contributed by atoms with E-state index < -0.39 is 7.12 Å². The van der Waals surface area contributed by atoms with Crippen LogP contribution in [0.4, 0.5) is 0 Å². The second kappa shape index (κ2) is 3.55. The third-order valence-electron chi connectivity index (χ3n) is 3.85. The zero-order valence-electron chi connectivity index (χ0n) is 11.0. The van der Waals surface area contributed by atoms with E-state index in [1.807, 2.05) is 45.9 Å². The number of fused-ring (bicyclic) bond motifs is 1. The van der Waals surface area contributed by atoms with Gasteiger partial charge in [0.15, 0.2) is 0 Å². The van der Waals surface area contributed by atoms with Gasteiger partial charge in [0.05, 0.1) is 28.5 Å². The molecule has 0 amide bonds. The largest absolute Gasteiger partial charge is 0.514 e. The minimum Gasteiger partial charge on any atom is -0.398 e. The van der Waals surface area contributed by atoms with Gasteiger partial charge in [-0.3, -0.25) is 0 Å². The Morgan fingerprint density at radius 3 is 2.44 bits per heavy atom. The summed E-state index contributed by atoms with van der Waals surface area (Å²) in [6, 6.07) is 5.86. The molecular weight excluding hydrogens is 229 g/mol. The Hall–Kier alpha value is -1.40. The Balaban J connectivity index is 2.05. The average molecular weight is 245 g/mol.